The Morgan fingerprint density at radius 1 is 1.23 bits per heavy atom. The molecular weight excluding hydrogens is 322 g/mol. The molecule has 2 saturated heterocycles. The zero-order chi connectivity index (χ0) is 15.9. The van der Waals surface area contributed by atoms with Crippen molar-refractivity contribution in [3.63, 3.8) is 0 Å². The van der Waals surface area contributed by atoms with Crippen LogP contribution in [-0.2, 0) is 9.84 Å². The van der Waals surface area contributed by atoms with Crippen molar-refractivity contribution in [3.05, 3.63) is 15.6 Å². The van der Waals surface area contributed by atoms with Crippen LogP contribution in [0.25, 0.3) is 0 Å². The minimum atomic E-state index is -2.85. The van der Waals surface area contributed by atoms with Crippen LogP contribution in [0.5, 0.6) is 0 Å². The third kappa shape index (κ3) is 3.18. The molecule has 2 fully saturated rings. The molecule has 8 heteroatoms. The minimum Gasteiger partial charge on any atom is -0.335 e. The first-order chi connectivity index (χ1) is 10.4. The van der Waals surface area contributed by atoms with Gasteiger partial charge in [-0.1, -0.05) is 0 Å². The highest BCUT2D eigenvalue weighted by Crippen LogP contribution is 2.22. The molecule has 2 aliphatic rings. The zero-order valence-corrected chi connectivity index (χ0v) is 14.5. The first-order valence-electron chi connectivity index (χ1n) is 7.53. The molecule has 1 aromatic rings. The van der Waals surface area contributed by atoms with E-state index in [9.17, 15) is 13.2 Å². The van der Waals surface area contributed by atoms with Gasteiger partial charge in [-0.05, 0) is 20.3 Å². The average molecular weight is 343 g/mol. The van der Waals surface area contributed by atoms with Crippen LogP contribution < -0.4 is 0 Å². The van der Waals surface area contributed by atoms with E-state index in [4.69, 9.17) is 0 Å². The number of carbonyl (C=O) groups excluding carboxylic acids is 1. The van der Waals surface area contributed by atoms with E-state index in [2.05, 4.69) is 9.88 Å². The van der Waals surface area contributed by atoms with Gasteiger partial charge in [0.2, 0.25) is 0 Å². The monoisotopic (exact) mass is 343 g/mol. The molecular formula is C14H21N3O3S2. The maximum Gasteiger partial charge on any atom is 0.265 e. The Hall–Kier alpha value is -0.990. The van der Waals surface area contributed by atoms with Crippen LogP contribution in [0.2, 0.25) is 0 Å². The van der Waals surface area contributed by atoms with Crippen molar-refractivity contribution >= 4 is 27.1 Å². The molecule has 2 aliphatic heterocycles. The van der Waals surface area contributed by atoms with E-state index >= 15 is 0 Å². The molecule has 0 radical (unpaired) electrons. The number of piperazine rings is 1. The Morgan fingerprint density at radius 2 is 1.91 bits per heavy atom. The largest absolute Gasteiger partial charge is 0.335 e. The lowest BCUT2D eigenvalue weighted by molar-refractivity contribution is 0.0591. The van der Waals surface area contributed by atoms with E-state index in [1.807, 2.05) is 18.7 Å². The molecule has 0 saturated carbocycles. The van der Waals surface area contributed by atoms with Gasteiger partial charge in [0.1, 0.15) is 4.88 Å². The summed E-state index contributed by atoms with van der Waals surface area (Å²) in [5, 5.41) is 0.913. The molecule has 0 aliphatic carbocycles. The second-order valence-electron chi connectivity index (χ2n) is 6.03. The van der Waals surface area contributed by atoms with Crippen LogP contribution in [0.1, 0.15) is 26.8 Å². The first-order valence-corrected chi connectivity index (χ1v) is 10.2. The number of rotatable bonds is 2. The molecule has 0 aromatic carbocycles. The van der Waals surface area contributed by atoms with Gasteiger partial charge < -0.3 is 4.90 Å². The number of sulfone groups is 1. The smallest absolute Gasteiger partial charge is 0.265 e. The van der Waals surface area contributed by atoms with Crippen LogP contribution in [0.15, 0.2) is 0 Å². The highest BCUT2D eigenvalue weighted by molar-refractivity contribution is 7.91. The molecule has 1 amide bonds. The summed E-state index contributed by atoms with van der Waals surface area (Å²) in [4.78, 5) is 21.7. The van der Waals surface area contributed by atoms with Crippen molar-refractivity contribution < 1.29 is 13.2 Å². The average Bonchev–Trinajstić information content (AvgIpc) is 3.00. The zero-order valence-electron chi connectivity index (χ0n) is 12.9. The summed E-state index contributed by atoms with van der Waals surface area (Å²) in [6.07, 6.45) is 0.726. The van der Waals surface area contributed by atoms with Gasteiger partial charge in [-0.25, -0.2) is 13.4 Å². The Balaban J connectivity index is 1.60. The van der Waals surface area contributed by atoms with Crippen LogP contribution >= 0.6 is 11.3 Å². The van der Waals surface area contributed by atoms with Gasteiger partial charge in [0.15, 0.2) is 9.84 Å². The number of amides is 1. The van der Waals surface area contributed by atoms with E-state index < -0.39 is 9.84 Å². The minimum absolute atomic E-state index is 0.0572. The summed E-state index contributed by atoms with van der Waals surface area (Å²) in [5.41, 5.74) is 0.803. The number of hydrogen-bond donors (Lipinski definition) is 0. The topological polar surface area (TPSA) is 70.6 Å². The number of aryl methyl sites for hydroxylation is 2. The number of hydrogen-bond acceptors (Lipinski definition) is 6. The van der Waals surface area contributed by atoms with Crippen LogP contribution in [0, 0.1) is 13.8 Å². The van der Waals surface area contributed by atoms with E-state index in [1.54, 1.807) is 0 Å². The molecule has 1 atom stereocenters. The van der Waals surface area contributed by atoms with Gasteiger partial charge in [-0.15, -0.1) is 11.3 Å². The van der Waals surface area contributed by atoms with Crippen molar-refractivity contribution in [1.29, 1.82) is 0 Å². The predicted octanol–water partition coefficient (Wildman–Crippen LogP) is 0.705. The van der Waals surface area contributed by atoms with Crippen molar-refractivity contribution in [1.82, 2.24) is 14.8 Å². The normalized spacial score (nSPS) is 25.5. The third-order valence-electron chi connectivity index (χ3n) is 4.42. The van der Waals surface area contributed by atoms with Gasteiger partial charge in [0.05, 0.1) is 22.2 Å². The molecule has 0 bridgehead atoms. The van der Waals surface area contributed by atoms with Gasteiger partial charge >= 0.3 is 0 Å². The van der Waals surface area contributed by atoms with E-state index in [0.29, 0.717) is 18.8 Å². The maximum absolute atomic E-state index is 12.5. The molecule has 1 aromatic heterocycles. The summed E-state index contributed by atoms with van der Waals surface area (Å²) in [6, 6.07) is 0.134. The molecule has 0 N–H and O–H groups in total. The van der Waals surface area contributed by atoms with Crippen LogP contribution in [-0.4, -0.2) is 72.8 Å². The molecule has 0 spiro atoms. The molecule has 122 valence electrons. The summed E-state index contributed by atoms with van der Waals surface area (Å²) in [6.45, 7) is 6.60. The SMILES string of the molecule is Cc1nc(C)c(C(=O)N2CCN(C3CCS(=O)(=O)C3)CC2)s1. The van der Waals surface area contributed by atoms with E-state index in [-0.39, 0.29) is 17.7 Å². The molecule has 3 rings (SSSR count). The van der Waals surface area contributed by atoms with Crippen LogP contribution in [0.4, 0.5) is 0 Å². The lowest BCUT2D eigenvalue weighted by Gasteiger charge is -2.37. The summed E-state index contributed by atoms with van der Waals surface area (Å²) in [5.74, 6) is 0.631. The lowest BCUT2D eigenvalue weighted by atomic mass is 10.2. The van der Waals surface area contributed by atoms with Gasteiger partial charge in [0.25, 0.3) is 5.91 Å². The Kier molecular flexibility index (Phi) is 4.26. The van der Waals surface area contributed by atoms with Crippen LogP contribution in [0.3, 0.4) is 0 Å². The lowest BCUT2D eigenvalue weighted by Crippen LogP contribution is -2.52. The second-order valence-corrected chi connectivity index (χ2v) is 9.46. The molecule has 3 heterocycles. The highest BCUT2D eigenvalue weighted by atomic mass is 32.2. The number of carbonyl (C=O) groups is 1. The van der Waals surface area contributed by atoms with Crippen molar-refractivity contribution in [2.24, 2.45) is 0 Å². The fourth-order valence-electron chi connectivity index (χ4n) is 3.23. The van der Waals surface area contributed by atoms with Gasteiger partial charge in [-0.2, -0.15) is 0 Å². The van der Waals surface area contributed by atoms with Crippen molar-refractivity contribution in [2.75, 3.05) is 37.7 Å². The Bertz CT molecular complexity index is 676. The maximum atomic E-state index is 12.5. The van der Waals surface area contributed by atoms with Gasteiger partial charge in [-0.3, -0.25) is 9.69 Å². The molecule has 22 heavy (non-hydrogen) atoms. The van der Waals surface area contributed by atoms with E-state index in [0.717, 1.165) is 35.1 Å². The fourth-order valence-corrected chi connectivity index (χ4v) is 5.88. The highest BCUT2D eigenvalue weighted by Gasteiger charge is 2.34. The summed E-state index contributed by atoms with van der Waals surface area (Å²) >= 11 is 1.45. The standard InChI is InChI=1S/C14H21N3O3S2/c1-10-13(21-11(2)15-10)14(18)17-6-4-16(5-7-17)12-3-8-22(19,20)9-12/h12H,3-9H2,1-2H3. The van der Waals surface area contributed by atoms with Crippen molar-refractivity contribution in [3.8, 4) is 0 Å². The van der Waals surface area contributed by atoms with Gasteiger partial charge in [0, 0.05) is 32.2 Å². The van der Waals surface area contributed by atoms with Crippen molar-refractivity contribution in [2.45, 2.75) is 26.3 Å². The fraction of sp³-hybridized carbons (Fsp3) is 0.714. The summed E-state index contributed by atoms with van der Waals surface area (Å²) in [7, 11) is -2.85. The number of aromatic nitrogens is 1. The number of nitrogens with zero attached hydrogens (tertiary/aromatic N) is 3. The summed E-state index contributed by atoms with van der Waals surface area (Å²) < 4.78 is 23.2. The quantitative estimate of drug-likeness (QED) is 0.791. The third-order valence-corrected chi connectivity index (χ3v) is 7.24. The predicted molar refractivity (Wildman–Crippen MR) is 86.1 cm³/mol. The number of thiazole rings is 1. The first kappa shape index (κ1) is 15.9. The molecule has 6 nitrogen and oxygen atoms in total. The Morgan fingerprint density at radius 3 is 2.41 bits per heavy atom. The second kappa shape index (κ2) is 5.90. The van der Waals surface area contributed by atoms with E-state index in [1.165, 1.54) is 11.3 Å². The Labute approximate surface area is 135 Å². The molecule has 1 unspecified atom stereocenters.